The summed E-state index contributed by atoms with van der Waals surface area (Å²) in [5.41, 5.74) is 0.884. The van der Waals surface area contributed by atoms with Gasteiger partial charge in [-0.05, 0) is 18.6 Å². The highest BCUT2D eigenvalue weighted by molar-refractivity contribution is 6.03. The Labute approximate surface area is 69.3 Å². The molecule has 12 heavy (non-hydrogen) atoms. The lowest BCUT2D eigenvalue weighted by molar-refractivity contribution is 0.0992. The number of hydrogen-bond donors (Lipinski definition) is 2. The molecule has 0 saturated heterocycles. The van der Waals surface area contributed by atoms with Gasteiger partial charge in [-0.3, -0.25) is 4.79 Å². The van der Waals surface area contributed by atoms with Crippen molar-refractivity contribution in [3.8, 4) is 11.5 Å². The highest BCUT2D eigenvalue weighted by atomic mass is 16.3. The summed E-state index contributed by atoms with van der Waals surface area (Å²) >= 11 is 0. The van der Waals surface area contributed by atoms with E-state index in [0.29, 0.717) is 24.0 Å². The second-order valence-corrected chi connectivity index (χ2v) is 2.88. The zero-order chi connectivity index (χ0) is 8.72. The summed E-state index contributed by atoms with van der Waals surface area (Å²) in [5.74, 6) is -0.00245. The molecule has 0 unspecified atom stereocenters. The lowest BCUT2D eigenvalue weighted by Crippen LogP contribution is -1.91. The Kier molecular flexibility index (Phi) is 1.33. The SMILES string of the molecule is O=C1CCc2c(O)ccc(O)c21. The topological polar surface area (TPSA) is 57.5 Å². The van der Waals surface area contributed by atoms with Gasteiger partial charge >= 0.3 is 0 Å². The van der Waals surface area contributed by atoms with E-state index in [2.05, 4.69) is 0 Å². The molecule has 62 valence electrons. The fourth-order valence-electron chi connectivity index (χ4n) is 1.55. The molecular weight excluding hydrogens is 156 g/mol. The molecule has 3 heteroatoms. The molecule has 1 aliphatic rings. The van der Waals surface area contributed by atoms with Gasteiger partial charge in [0, 0.05) is 12.0 Å². The predicted octanol–water partition coefficient (Wildman–Crippen LogP) is 1.23. The molecule has 3 nitrogen and oxygen atoms in total. The first-order valence-corrected chi connectivity index (χ1v) is 3.77. The van der Waals surface area contributed by atoms with Crippen LogP contribution in [0.5, 0.6) is 11.5 Å². The third kappa shape index (κ3) is 0.794. The molecule has 0 fully saturated rings. The molecule has 0 aromatic heterocycles. The average molecular weight is 164 g/mol. The number of fused-ring (bicyclic) bond motifs is 1. The van der Waals surface area contributed by atoms with Gasteiger partial charge in [0.2, 0.25) is 0 Å². The first-order valence-electron chi connectivity index (χ1n) is 3.77. The monoisotopic (exact) mass is 164 g/mol. The van der Waals surface area contributed by atoms with E-state index < -0.39 is 0 Å². The third-order valence-corrected chi connectivity index (χ3v) is 2.15. The Balaban J connectivity index is 2.72. The van der Waals surface area contributed by atoms with Gasteiger partial charge in [0.15, 0.2) is 5.78 Å². The maximum absolute atomic E-state index is 11.2. The standard InChI is InChI=1S/C9H8O3/c10-6-3-4-8(12)9-5(6)1-2-7(9)11/h3-4,10,12H,1-2H2. The van der Waals surface area contributed by atoms with Crippen molar-refractivity contribution in [1.29, 1.82) is 0 Å². The van der Waals surface area contributed by atoms with E-state index in [-0.39, 0.29) is 17.3 Å². The summed E-state index contributed by atoms with van der Waals surface area (Å²) in [5, 5.41) is 18.6. The van der Waals surface area contributed by atoms with Crippen LogP contribution in [0.1, 0.15) is 22.3 Å². The van der Waals surface area contributed by atoms with Gasteiger partial charge < -0.3 is 10.2 Å². The van der Waals surface area contributed by atoms with E-state index in [0.717, 1.165) is 0 Å². The number of ketones is 1. The van der Waals surface area contributed by atoms with Crippen molar-refractivity contribution in [2.24, 2.45) is 0 Å². The van der Waals surface area contributed by atoms with Crippen molar-refractivity contribution in [1.82, 2.24) is 0 Å². The van der Waals surface area contributed by atoms with Crippen molar-refractivity contribution in [2.75, 3.05) is 0 Å². The summed E-state index contributed by atoms with van der Waals surface area (Å²) < 4.78 is 0. The molecule has 0 spiro atoms. The van der Waals surface area contributed by atoms with E-state index >= 15 is 0 Å². The van der Waals surface area contributed by atoms with E-state index in [1.807, 2.05) is 0 Å². The number of benzene rings is 1. The Morgan fingerprint density at radius 2 is 1.75 bits per heavy atom. The van der Waals surface area contributed by atoms with Crippen LogP contribution >= 0.6 is 0 Å². The van der Waals surface area contributed by atoms with E-state index in [9.17, 15) is 15.0 Å². The number of phenols is 2. The van der Waals surface area contributed by atoms with Crippen LogP contribution in [0, 0.1) is 0 Å². The fourth-order valence-corrected chi connectivity index (χ4v) is 1.55. The molecule has 0 bridgehead atoms. The molecule has 2 N–H and O–H groups in total. The molecule has 0 amide bonds. The first kappa shape index (κ1) is 7.16. The summed E-state index contributed by atoms with van der Waals surface area (Å²) in [6.45, 7) is 0. The van der Waals surface area contributed by atoms with E-state index in [1.165, 1.54) is 12.1 Å². The molecule has 1 aliphatic carbocycles. The van der Waals surface area contributed by atoms with Crippen LogP contribution in [0.4, 0.5) is 0 Å². The van der Waals surface area contributed by atoms with E-state index in [1.54, 1.807) is 0 Å². The zero-order valence-corrected chi connectivity index (χ0v) is 6.37. The molecule has 2 rings (SSSR count). The Morgan fingerprint density at radius 1 is 1.08 bits per heavy atom. The lowest BCUT2D eigenvalue weighted by atomic mass is 10.1. The molecule has 0 aliphatic heterocycles. The third-order valence-electron chi connectivity index (χ3n) is 2.15. The Bertz CT molecular complexity index is 355. The Hall–Kier alpha value is -1.51. The van der Waals surface area contributed by atoms with Crippen molar-refractivity contribution in [2.45, 2.75) is 12.8 Å². The maximum atomic E-state index is 11.2. The average Bonchev–Trinajstić information content (AvgIpc) is 2.42. The molecule has 0 atom stereocenters. The number of Topliss-reactive ketones (excluding diaryl/α,β-unsaturated/α-hetero) is 1. The summed E-state index contributed by atoms with van der Waals surface area (Å²) in [4.78, 5) is 11.2. The van der Waals surface area contributed by atoms with Gasteiger partial charge in [0.25, 0.3) is 0 Å². The highest BCUT2D eigenvalue weighted by Gasteiger charge is 2.25. The molecule has 0 radical (unpaired) electrons. The molecule has 0 saturated carbocycles. The zero-order valence-electron chi connectivity index (χ0n) is 6.37. The normalized spacial score (nSPS) is 14.8. The quantitative estimate of drug-likeness (QED) is 0.567. The van der Waals surface area contributed by atoms with Crippen LogP contribution in [0.15, 0.2) is 12.1 Å². The van der Waals surface area contributed by atoms with Crippen LogP contribution < -0.4 is 0 Å². The number of phenolic OH excluding ortho intramolecular Hbond substituents is 2. The summed E-state index contributed by atoms with van der Waals surface area (Å²) in [7, 11) is 0. The van der Waals surface area contributed by atoms with Gasteiger partial charge in [0.1, 0.15) is 11.5 Å². The highest BCUT2D eigenvalue weighted by Crippen LogP contribution is 2.35. The first-order chi connectivity index (χ1) is 5.70. The number of carbonyl (C=O) groups excluding carboxylic acids is 1. The fraction of sp³-hybridized carbons (Fsp3) is 0.222. The molecule has 0 heterocycles. The maximum Gasteiger partial charge on any atom is 0.167 e. The molecular formula is C9H8O3. The van der Waals surface area contributed by atoms with Gasteiger partial charge in [0.05, 0.1) is 5.56 Å². The minimum atomic E-state index is -0.0848. The largest absolute Gasteiger partial charge is 0.508 e. The van der Waals surface area contributed by atoms with Crippen LogP contribution in [-0.4, -0.2) is 16.0 Å². The minimum absolute atomic E-state index is 0.0229. The second-order valence-electron chi connectivity index (χ2n) is 2.88. The van der Waals surface area contributed by atoms with Crippen molar-refractivity contribution < 1.29 is 15.0 Å². The number of rotatable bonds is 0. The summed E-state index contributed by atoms with van der Waals surface area (Å²) in [6.07, 6.45) is 0.925. The molecule has 1 aromatic carbocycles. The van der Waals surface area contributed by atoms with Crippen LogP contribution in [0.3, 0.4) is 0 Å². The van der Waals surface area contributed by atoms with Crippen molar-refractivity contribution >= 4 is 5.78 Å². The van der Waals surface area contributed by atoms with Gasteiger partial charge in [-0.2, -0.15) is 0 Å². The Morgan fingerprint density at radius 3 is 2.42 bits per heavy atom. The molecule has 1 aromatic rings. The second kappa shape index (κ2) is 2.24. The lowest BCUT2D eigenvalue weighted by Gasteiger charge is -2.02. The van der Waals surface area contributed by atoms with Crippen LogP contribution in [-0.2, 0) is 6.42 Å². The predicted molar refractivity (Wildman–Crippen MR) is 42.4 cm³/mol. The number of carbonyl (C=O) groups is 1. The smallest absolute Gasteiger partial charge is 0.167 e. The number of aromatic hydroxyl groups is 2. The van der Waals surface area contributed by atoms with Gasteiger partial charge in [-0.25, -0.2) is 0 Å². The van der Waals surface area contributed by atoms with Crippen molar-refractivity contribution in [3.63, 3.8) is 0 Å². The van der Waals surface area contributed by atoms with Crippen LogP contribution in [0.2, 0.25) is 0 Å². The van der Waals surface area contributed by atoms with Crippen LogP contribution in [0.25, 0.3) is 0 Å². The van der Waals surface area contributed by atoms with Crippen molar-refractivity contribution in [3.05, 3.63) is 23.3 Å². The summed E-state index contributed by atoms with van der Waals surface area (Å²) in [6, 6.07) is 2.75. The van der Waals surface area contributed by atoms with Gasteiger partial charge in [-0.1, -0.05) is 0 Å². The number of hydrogen-bond acceptors (Lipinski definition) is 3. The van der Waals surface area contributed by atoms with Gasteiger partial charge in [-0.15, -0.1) is 0 Å². The van der Waals surface area contributed by atoms with E-state index in [4.69, 9.17) is 0 Å². The minimum Gasteiger partial charge on any atom is -0.508 e.